The van der Waals surface area contributed by atoms with E-state index in [4.69, 9.17) is 39.3 Å². The molecule has 0 saturated carbocycles. The van der Waals surface area contributed by atoms with Crippen LogP contribution in [0.3, 0.4) is 0 Å². The van der Waals surface area contributed by atoms with Gasteiger partial charge in [-0.1, -0.05) is 12.2 Å². The highest BCUT2D eigenvalue weighted by Crippen LogP contribution is 2.25. The smallest absolute Gasteiger partial charge is 0.395 e. The second kappa shape index (κ2) is 20.4. The van der Waals surface area contributed by atoms with Crippen LogP contribution in [0.1, 0.15) is 0 Å². The molecular formula is C12H28NO8P. The van der Waals surface area contributed by atoms with Crippen LogP contribution < -0.4 is 0 Å². The third kappa shape index (κ3) is 42.7. The fourth-order valence-corrected chi connectivity index (χ4v) is 0.994. The van der Waals surface area contributed by atoms with Gasteiger partial charge in [-0.05, 0) is 0 Å². The lowest BCUT2D eigenvalue weighted by molar-refractivity contribution is 0.136. The topological polar surface area (TPSA) is 151 Å². The largest absolute Gasteiger partial charge is 0.466 e. The summed E-state index contributed by atoms with van der Waals surface area (Å²) in [4.78, 5) is 23.4. The summed E-state index contributed by atoms with van der Waals surface area (Å²) in [6.07, 6.45) is 3.42. The second-order valence-electron chi connectivity index (χ2n) is 3.64. The van der Waals surface area contributed by atoms with E-state index in [9.17, 15) is 0 Å². The van der Waals surface area contributed by atoms with Crippen molar-refractivity contribution in [3.63, 3.8) is 0 Å². The Bertz CT molecular complexity index is 254. The van der Waals surface area contributed by atoms with Crippen molar-refractivity contribution >= 4 is 7.82 Å². The van der Waals surface area contributed by atoms with Gasteiger partial charge in [-0.2, -0.15) is 0 Å². The van der Waals surface area contributed by atoms with Gasteiger partial charge in [0.15, 0.2) is 0 Å². The van der Waals surface area contributed by atoms with Crippen molar-refractivity contribution in [2.45, 2.75) is 0 Å². The van der Waals surface area contributed by atoms with Crippen molar-refractivity contribution in [2.24, 2.45) is 0 Å². The van der Waals surface area contributed by atoms with Crippen LogP contribution >= 0.6 is 7.82 Å². The summed E-state index contributed by atoms with van der Waals surface area (Å²) < 4.78 is 13.8. The van der Waals surface area contributed by atoms with Crippen molar-refractivity contribution < 1.29 is 39.3 Å². The second-order valence-corrected chi connectivity index (χ2v) is 4.67. The summed E-state index contributed by atoms with van der Waals surface area (Å²) in [5.74, 6) is 0. The molecule has 0 fully saturated rings. The first-order valence-corrected chi connectivity index (χ1v) is 7.96. The van der Waals surface area contributed by atoms with Gasteiger partial charge < -0.3 is 34.7 Å². The van der Waals surface area contributed by atoms with Crippen LogP contribution in [0.4, 0.5) is 0 Å². The summed E-state index contributed by atoms with van der Waals surface area (Å²) in [5, 5.41) is 25.5. The predicted octanol–water partition coefficient (Wildman–Crippen LogP) is -1.29. The summed E-state index contributed by atoms with van der Waals surface area (Å²) in [7, 11) is -4.64. The average molecular weight is 345 g/mol. The van der Waals surface area contributed by atoms with Gasteiger partial charge in [0.2, 0.25) is 0 Å². The standard InChI is InChI=1S/C6H15NO3.C6H10O.H3O4P/c8-4-1-7(2-5-9)3-6-10;1-3-5-7-6-4-2;1-5(2,3)4/h8-10H,1-6H2;3-4H,1-2,5-6H2;(H3,1,2,3,4). The molecular weight excluding hydrogens is 317 g/mol. The lowest BCUT2D eigenvalue weighted by atomic mass is 10.4. The molecule has 10 heteroatoms. The van der Waals surface area contributed by atoms with Gasteiger partial charge in [0.25, 0.3) is 0 Å². The van der Waals surface area contributed by atoms with Gasteiger partial charge in [-0.25, -0.2) is 4.57 Å². The highest BCUT2D eigenvalue weighted by molar-refractivity contribution is 7.45. The Morgan fingerprint density at radius 1 is 0.864 bits per heavy atom. The van der Waals surface area contributed by atoms with E-state index in [1.807, 2.05) is 0 Å². The molecule has 134 valence electrons. The van der Waals surface area contributed by atoms with Crippen molar-refractivity contribution in [2.75, 3.05) is 52.7 Å². The number of hydrogen-bond acceptors (Lipinski definition) is 6. The third-order valence-corrected chi connectivity index (χ3v) is 1.72. The number of aliphatic hydroxyl groups is 3. The van der Waals surface area contributed by atoms with Crippen LogP contribution in [-0.2, 0) is 9.30 Å². The summed E-state index contributed by atoms with van der Waals surface area (Å²) in [5.41, 5.74) is 0. The lowest BCUT2D eigenvalue weighted by Gasteiger charge is -2.17. The molecule has 0 heterocycles. The average Bonchev–Trinajstić information content (AvgIpc) is 2.39. The monoisotopic (exact) mass is 345 g/mol. The number of phosphoric acid groups is 1. The first-order chi connectivity index (χ1) is 10.3. The van der Waals surface area contributed by atoms with Crippen LogP contribution in [0.15, 0.2) is 25.3 Å². The van der Waals surface area contributed by atoms with Crippen molar-refractivity contribution in [1.29, 1.82) is 0 Å². The summed E-state index contributed by atoms with van der Waals surface area (Å²) >= 11 is 0. The Labute approximate surface area is 131 Å². The molecule has 6 N–H and O–H groups in total. The molecule has 22 heavy (non-hydrogen) atoms. The number of hydrogen-bond donors (Lipinski definition) is 6. The minimum Gasteiger partial charge on any atom is -0.395 e. The van der Waals surface area contributed by atoms with Gasteiger partial charge >= 0.3 is 7.82 Å². The normalized spacial score (nSPS) is 10.1. The zero-order valence-electron chi connectivity index (χ0n) is 12.6. The Morgan fingerprint density at radius 2 is 1.14 bits per heavy atom. The summed E-state index contributed by atoms with van der Waals surface area (Å²) in [6.45, 7) is 9.93. The molecule has 0 aliphatic heterocycles. The zero-order valence-corrected chi connectivity index (χ0v) is 13.5. The zero-order chi connectivity index (χ0) is 17.9. The van der Waals surface area contributed by atoms with Crippen molar-refractivity contribution in [1.82, 2.24) is 4.90 Å². The van der Waals surface area contributed by atoms with Gasteiger partial charge in [-0.3, -0.25) is 4.90 Å². The van der Waals surface area contributed by atoms with Gasteiger partial charge in [0, 0.05) is 19.6 Å². The molecule has 0 bridgehead atoms. The molecule has 0 aromatic heterocycles. The fourth-order valence-electron chi connectivity index (χ4n) is 0.994. The third-order valence-electron chi connectivity index (χ3n) is 1.72. The van der Waals surface area contributed by atoms with E-state index >= 15 is 0 Å². The van der Waals surface area contributed by atoms with Gasteiger partial charge in [0.05, 0.1) is 33.0 Å². The van der Waals surface area contributed by atoms with E-state index in [0.717, 1.165) is 0 Å². The van der Waals surface area contributed by atoms with E-state index in [2.05, 4.69) is 13.2 Å². The maximum atomic E-state index is 8.88. The number of ether oxygens (including phenoxy) is 1. The number of nitrogens with zero attached hydrogens (tertiary/aromatic N) is 1. The summed E-state index contributed by atoms with van der Waals surface area (Å²) in [6, 6.07) is 0. The Kier molecular flexibility index (Phi) is 24.4. The number of aliphatic hydroxyl groups excluding tert-OH is 3. The molecule has 0 aromatic carbocycles. The van der Waals surface area contributed by atoms with E-state index in [-0.39, 0.29) is 19.8 Å². The molecule has 0 spiro atoms. The maximum Gasteiger partial charge on any atom is 0.466 e. The molecule has 0 radical (unpaired) electrons. The minimum atomic E-state index is -4.64. The Hall–Kier alpha value is -0.610. The lowest BCUT2D eigenvalue weighted by Crippen LogP contribution is -2.32. The van der Waals surface area contributed by atoms with Crippen LogP contribution in [0.5, 0.6) is 0 Å². The number of rotatable bonds is 10. The van der Waals surface area contributed by atoms with Crippen LogP contribution in [-0.4, -0.2) is 87.6 Å². The molecule has 0 unspecified atom stereocenters. The fraction of sp³-hybridized carbons (Fsp3) is 0.667. The molecule has 0 aliphatic rings. The Balaban J connectivity index is -0.000000263. The maximum absolute atomic E-state index is 8.88. The van der Waals surface area contributed by atoms with E-state index in [1.165, 1.54) is 0 Å². The van der Waals surface area contributed by atoms with Crippen LogP contribution in [0.2, 0.25) is 0 Å². The molecule has 0 rings (SSSR count). The Morgan fingerprint density at radius 3 is 1.32 bits per heavy atom. The predicted molar refractivity (Wildman–Crippen MR) is 83.2 cm³/mol. The van der Waals surface area contributed by atoms with Crippen LogP contribution in [0.25, 0.3) is 0 Å². The quantitative estimate of drug-likeness (QED) is 0.161. The molecule has 0 atom stereocenters. The highest BCUT2D eigenvalue weighted by Gasteiger charge is 2.00. The molecule has 0 saturated heterocycles. The minimum absolute atomic E-state index is 0.0694. The molecule has 9 nitrogen and oxygen atoms in total. The highest BCUT2D eigenvalue weighted by atomic mass is 31.2. The molecule has 0 aromatic rings. The van der Waals surface area contributed by atoms with Crippen molar-refractivity contribution in [3.05, 3.63) is 25.3 Å². The molecule has 0 amide bonds. The van der Waals surface area contributed by atoms with E-state index < -0.39 is 7.82 Å². The van der Waals surface area contributed by atoms with E-state index in [1.54, 1.807) is 17.1 Å². The first kappa shape index (κ1) is 26.3. The van der Waals surface area contributed by atoms with Gasteiger partial charge in [-0.15, -0.1) is 13.2 Å². The first-order valence-electron chi connectivity index (χ1n) is 6.39. The SMILES string of the molecule is C=CCOCC=C.O=P(O)(O)O.OCCN(CCO)CCO. The van der Waals surface area contributed by atoms with Crippen LogP contribution in [0, 0.1) is 0 Å². The molecule has 0 aliphatic carbocycles. The van der Waals surface area contributed by atoms with E-state index in [0.29, 0.717) is 32.8 Å². The van der Waals surface area contributed by atoms with Crippen molar-refractivity contribution in [3.8, 4) is 0 Å². The van der Waals surface area contributed by atoms with Gasteiger partial charge in [0.1, 0.15) is 0 Å².